The number of nitrogens with one attached hydrogen (secondary N) is 1. The minimum absolute atomic E-state index is 0. The molecule has 0 unspecified atom stereocenters. The fraction of sp³-hybridized carbons (Fsp3) is 0.167. The Balaban J connectivity index is 0.00000180. The predicted molar refractivity (Wildman–Crippen MR) is 79.8 cm³/mol. The maximum atomic E-state index is 5.88. The van der Waals surface area contributed by atoms with Gasteiger partial charge in [0.25, 0.3) is 0 Å². The van der Waals surface area contributed by atoms with Crippen LogP contribution >= 0.6 is 12.2 Å². The van der Waals surface area contributed by atoms with E-state index in [9.17, 15) is 0 Å². The third-order valence-electron chi connectivity index (χ3n) is 2.66. The fourth-order valence-corrected chi connectivity index (χ4v) is 1.97. The van der Waals surface area contributed by atoms with E-state index in [-0.39, 0.29) is 56.2 Å². The molecule has 0 saturated heterocycles. The minimum Gasteiger partial charge on any atom is -0.496 e. The van der Waals surface area contributed by atoms with Crippen molar-refractivity contribution < 1.29 is 4.74 Å². The Kier molecular flexibility index (Phi) is 6.44. The van der Waals surface area contributed by atoms with E-state index in [1.165, 1.54) is 0 Å². The number of ether oxygens (including phenoxy) is 1. The van der Waals surface area contributed by atoms with Crippen LogP contribution in [0.3, 0.4) is 0 Å². The molecule has 1 radical (unpaired) electrons. The summed E-state index contributed by atoms with van der Waals surface area (Å²) in [4.78, 5) is 6.80. The first-order valence-corrected chi connectivity index (χ1v) is 5.78. The summed E-state index contributed by atoms with van der Waals surface area (Å²) in [7, 11) is 1.63. The van der Waals surface area contributed by atoms with Gasteiger partial charge in [0.1, 0.15) is 17.4 Å². The van der Waals surface area contributed by atoms with Gasteiger partial charge < -0.3 is 21.2 Å². The van der Waals surface area contributed by atoms with Gasteiger partial charge in [-0.05, 0) is 23.8 Å². The Morgan fingerprint density at radius 3 is 2.63 bits per heavy atom. The zero-order valence-electron chi connectivity index (χ0n) is 10.9. The van der Waals surface area contributed by atoms with Gasteiger partial charge >= 0.3 is 0 Å². The Morgan fingerprint density at radius 1 is 1.32 bits per heavy atom. The van der Waals surface area contributed by atoms with E-state index in [0.29, 0.717) is 18.1 Å². The number of hydrogen-bond acceptors (Lipinski definition) is 5. The van der Waals surface area contributed by atoms with E-state index in [1.807, 2.05) is 24.3 Å². The molecule has 1 aromatic carbocycles. The van der Waals surface area contributed by atoms with Gasteiger partial charge in [0.2, 0.25) is 0 Å². The predicted octanol–water partition coefficient (Wildman–Crippen LogP) is 1.52. The van der Waals surface area contributed by atoms with Gasteiger partial charge in [-0.15, -0.1) is 0 Å². The van der Waals surface area contributed by atoms with Crippen LogP contribution in [0.25, 0.3) is 0 Å². The Bertz CT molecular complexity index is 603. The first kappa shape index (κ1) is 16.6. The number of rotatable bonds is 3. The van der Waals surface area contributed by atoms with Crippen LogP contribution in [0.4, 0.5) is 11.6 Å². The molecule has 0 atom stereocenters. The molecule has 5 nitrogen and oxygen atoms in total. The molecule has 0 bridgehead atoms. The quantitative estimate of drug-likeness (QED) is 0.591. The molecule has 0 aliphatic rings. The fourth-order valence-electron chi connectivity index (χ4n) is 1.76. The number of nitrogens with two attached hydrogens (primary N) is 2. The third-order valence-corrected chi connectivity index (χ3v) is 2.85. The van der Waals surface area contributed by atoms with Gasteiger partial charge in [-0.1, -0.05) is 18.2 Å². The van der Waals surface area contributed by atoms with Crippen molar-refractivity contribution in [2.45, 2.75) is 6.42 Å². The number of aromatic nitrogens is 2. The molecule has 2 rings (SSSR count). The average Bonchev–Trinajstić information content (AvgIpc) is 2.34. The van der Waals surface area contributed by atoms with Crippen LogP contribution in [0.5, 0.6) is 5.75 Å². The maximum Gasteiger partial charge on any atom is 0.200 e. The number of H-pyrrole nitrogens is 1. The number of methoxy groups -OCH3 is 1. The van der Waals surface area contributed by atoms with Gasteiger partial charge in [-0.3, -0.25) is 0 Å². The summed E-state index contributed by atoms with van der Waals surface area (Å²) in [6, 6.07) is 7.69. The first-order chi connectivity index (χ1) is 8.61. The number of hydrogen-bond donors (Lipinski definition) is 3. The second-order valence-electron chi connectivity index (χ2n) is 3.81. The van der Waals surface area contributed by atoms with Crippen molar-refractivity contribution in [2.24, 2.45) is 0 Å². The second kappa shape index (κ2) is 7.37. The molecule has 2 aromatic rings. The van der Waals surface area contributed by atoms with Crippen molar-refractivity contribution in [3.8, 4) is 5.75 Å². The SMILES string of the molecule is COc1ccccc1Cc1c(N)nc(=S)[nH]c1N.[K]. The van der Waals surface area contributed by atoms with Crippen LogP contribution in [0, 0.1) is 4.77 Å². The van der Waals surface area contributed by atoms with E-state index in [4.69, 9.17) is 28.4 Å². The third kappa shape index (κ3) is 4.01. The molecule has 0 spiro atoms. The summed E-state index contributed by atoms with van der Waals surface area (Å²) in [5.41, 5.74) is 13.4. The second-order valence-corrected chi connectivity index (χ2v) is 4.19. The monoisotopic (exact) mass is 301 g/mol. The Labute approximate surface area is 159 Å². The number of para-hydroxylation sites is 1. The van der Waals surface area contributed by atoms with E-state index < -0.39 is 0 Å². The van der Waals surface area contributed by atoms with Crippen molar-refractivity contribution >= 4 is 75.2 Å². The summed E-state index contributed by atoms with van der Waals surface area (Å²) in [5.74, 6) is 1.58. The van der Waals surface area contributed by atoms with Gasteiger partial charge in [-0.2, -0.15) is 0 Å². The van der Waals surface area contributed by atoms with Gasteiger partial charge in [0.15, 0.2) is 4.77 Å². The topological polar surface area (TPSA) is 90.0 Å². The Morgan fingerprint density at radius 2 is 2.00 bits per heavy atom. The van der Waals surface area contributed by atoms with E-state index in [1.54, 1.807) is 7.11 Å². The Hall–Kier alpha value is -0.444. The molecule has 1 aromatic heterocycles. The minimum atomic E-state index is 0. The molecule has 5 N–H and O–H groups in total. The van der Waals surface area contributed by atoms with Crippen LogP contribution in [0.1, 0.15) is 11.1 Å². The van der Waals surface area contributed by atoms with Crippen LogP contribution in [0.15, 0.2) is 24.3 Å². The van der Waals surface area contributed by atoms with Crippen LogP contribution in [0.2, 0.25) is 0 Å². The van der Waals surface area contributed by atoms with Gasteiger partial charge in [0, 0.05) is 63.4 Å². The standard InChI is InChI=1S/C12H14N4OS.K/c1-17-9-5-3-2-4-7(9)6-8-10(13)15-12(18)16-11(8)14;/h2-5H,6H2,1H3,(H5,13,14,15,16,18);. The summed E-state index contributed by atoms with van der Waals surface area (Å²) in [5, 5.41) is 0. The van der Waals surface area contributed by atoms with Crippen molar-refractivity contribution in [2.75, 3.05) is 18.6 Å². The van der Waals surface area contributed by atoms with E-state index in [0.717, 1.165) is 16.9 Å². The summed E-state index contributed by atoms with van der Waals surface area (Å²) in [6.07, 6.45) is 0.542. The van der Waals surface area contributed by atoms with Crippen LogP contribution in [-0.2, 0) is 6.42 Å². The first-order valence-electron chi connectivity index (χ1n) is 5.38. The molecule has 0 aliphatic carbocycles. The van der Waals surface area contributed by atoms with Crippen molar-refractivity contribution in [1.29, 1.82) is 0 Å². The van der Waals surface area contributed by atoms with Gasteiger partial charge in [0.05, 0.1) is 7.11 Å². The van der Waals surface area contributed by atoms with E-state index >= 15 is 0 Å². The smallest absolute Gasteiger partial charge is 0.200 e. The number of aromatic amines is 1. The number of nitrogens with zero attached hydrogens (tertiary/aromatic N) is 1. The zero-order valence-corrected chi connectivity index (χ0v) is 14.9. The number of nitrogen functional groups attached to an aromatic ring is 2. The molecule has 7 heteroatoms. The number of anilines is 2. The van der Waals surface area contributed by atoms with Crippen molar-refractivity contribution in [3.63, 3.8) is 0 Å². The zero-order chi connectivity index (χ0) is 13.1. The molecule has 0 amide bonds. The normalized spacial score (nSPS) is 9.74. The largest absolute Gasteiger partial charge is 0.496 e. The molecule has 0 fully saturated rings. The molecule has 0 saturated carbocycles. The molecule has 0 aliphatic heterocycles. The van der Waals surface area contributed by atoms with Crippen molar-refractivity contribution in [1.82, 2.24) is 9.97 Å². The van der Waals surface area contributed by atoms with Crippen LogP contribution < -0.4 is 16.2 Å². The molecule has 1 heterocycles. The van der Waals surface area contributed by atoms with Gasteiger partial charge in [-0.25, -0.2) is 4.98 Å². The average molecular weight is 301 g/mol. The summed E-state index contributed by atoms with van der Waals surface area (Å²) < 4.78 is 5.57. The van der Waals surface area contributed by atoms with Crippen molar-refractivity contribution in [3.05, 3.63) is 40.2 Å². The number of benzene rings is 1. The maximum absolute atomic E-state index is 5.88. The molecular weight excluding hydrogens is 287 g/mol. The van der Waals surface area contributed by atoms with Crippen LogP contribution in [-0.4, -0.2) is 68.5 Å². The van der Waals surface area contributed by atoms with E-state index in [2.05, 4.69) is 9.97 Å². The molecule has 95 valence electrons. The summed E-state index contributed by atoms with van der Waals surface area (Å²) >= 11 is 4.91. The molecular formula is C12H14KN4OS. The molecule has 19 heavy (non-hydrogen) atoms. The summed E-state index contributed by atoms with van der Waals surface area (Å²) in [6.45, 7) is 0.